The lowest BCUT2D eigenvalue weighted by Gasteiger charge is -2.08. The Bertz CT molecular complexity index is 307. The number of halogens is 2. The van der Waals surface area contributed by atoms with Crippen LogP contribution in [0, 0.1) is 5.82 Å². The van der Waals surface area contributed by atoms with Crippen molar-refractivity contribution >= 4 is 21.6 Å². The van der Waals surface area contributed by atoms with Crippen LogP contribution in [0.25, 0.3) is 0 Å². The molecule has 0 saturated carbocycles. The molecule has 0 aliphatic heterocycles. The summed E-state index contributed by atoms with van der Waals surface area (Å²) in [5.74, 6) is -0.234. The van der Waals surface area contributed by atoms with Crippen LogP contribution in [0.5, 0.6) is 0 Å². The molecular weight excluding hydrogens is 261 g/mol. The number of nitrogens with one attached hydrogen (secondary N) is 1. The third kappa shape index (κ3) is 4.62. The second kappa shape index (κ2) is 6.80. The summed E-state index contributed by atoms with van der Waals surface area (Å²) in [6.45, 7) is 4.30. The molecule has 0 amide bonds. The predicted molar refractivity (Wildman–Crippen MR) is 63.7 cm³/mol. The maximum absolute atomic E-state index is 12.8. The molecule has 0 saturated heterocycles. The van der Waals surface area contributed by atoms with Crippen LogP contribution < -0.4 is 5.32 Å². The molecule has 1 aromatic carbocycles. The van der Waals surface area contributed by atoms with Gasteiger partial charge in [-0.05, 0) is 47.5 Å². The van der Waals surface area contributed by atoms with Crippen molar-refractivity contribution in [2.75, 3.05) is 25.1 Å². The predicted octanol–water partition coefficient (Wildman–Crippen LogP) is 3.43. The first-order valence-electron chi connectivity index (χ1n) is 5.00. The molecule has 0 aliphatic rings. The summed E-state index contributed by atoms with van der Waals surface area (Å²) in [5.41, 5.74) is 0.910. The highest BCUT2D eigenvalue weighted by Crippen LogP contribution is 2.22. The maximum atomic E-state index is 12.8. The van der Waals surface area contributed by atoms with E-state index in [9.17, 15) is 4.39 Å². The molecular formula is C11H15BrFNO. The lowest BCUT2D eigenvalue weighted by atomic mass is 10.3. The summed E-state index contributed by atoms with van der Waals surface area (Å²) in [6, 6.07) is 4.61. The topological polar surface area (TPSA) is 21.3 Å². The van der Waals surface area contributed by atoms with E-state index in [0.29, 0.717) is 0 Å². The van der Waals surface area contributed by atoms with E-state index < -0.39 is 0 Å². The van der Waals surface area contributed by atoms with Gasteiger partial charge >= 0.3 is 0 Å². The van der Waals surface area contributed by atoms with Crippen LogP contribution in [-0.4, -0.2) is 19.8 Å². The third-order valence-corrected chi connectivity index (χ3v) is 2.57. The van der Waals surface area contributed by atoms with E-state index in [1.807, 2.05) is 6.92 Å². The van der Waals surface area contributed by atoms with Crippen molar-refractivity contribution in [3.05, 3.63) is 28.5 Å². The van der Waals surface area contributed by atoms with Crippen molar-refractivity contribution in [3.8, 4) is 0 Å². The molecule has 0 unspecified atom stereocenters. The molecule has 0 spiro atoms. The van der Waals surface area contributed by atoms with E-state index in [1.165, 1.54) is 12.1 Å². The minimum Gasteiger partial charge on any atom is -0.384 e. The second-order valence-electron chi connectivity index (χ2n) is 3.10. The van der Waals surface area contributed by atoms with Crippen LogP contribution in [0.1, 0.15) is 13.3 Å². The summed E-state index contributed by atoms with van der Waals surface area (Å²) in [7, 11) is 0. The zero-order valence-electron chi connectivity index (χ0n) is 8.72. The fourth-order valence-corrected chi connectivity index (χ4v) is 1.67. The van der Waals surface area contributed by atoms with Gasteiger partial charge < -0.3 is 10.1 Å². The molecule has 2 nitrogen and oxygen atoms in total. The van der Waals surface area contributed by atoms with Gasteiger partial charge in [0.2, 0.25) is 0 Å². The Balaban J connectivity index is 2.31. The van der Waals surface area contributed by atoms with Gasteiger partial charge in [0.05, 0.1) is 0 Å². The fraction of sp³-hybridized carbons (Fsp3) is 0.455. The largest absolute Gasteiger partial charge is 0.384 e. The number of ether oxygens (including phenoxy) is 1. The van der Waals surface area contributed by atoms with Crippen molar-refractivity contribution < 1.29 is 9.13 Å². The van der Waals surface area contributed by atoms with Gasteiger partial charge in [0, 0.05) is 29.9 Å². The summed E-state index contributed by atoms with van der Waals surface area (Å²) < 4.78 is 18.7. The fourth-order valence-electron chi connectivity index (χ4n) is 1.17. The van der Waals surface area contributed by atoms with E-state index in [4.69, 9.17) is 4.74 Å². The van der Waals surface area contributed by atoms with Gasteiger partial charge in [-0.3, -0.25) is 0 Å². The van der Waals surface area contributed by atoms with Crippen LogP contribution in [0.4, 0.5) is 10.1 Å². The first-order valence-corrected chi connectivity index (χ1v) is 5.80. The van der Waals surface area contributed by atoms with E-state index in [-0.39, 0.29) is 5.82 Å². The molecule has 0 atom stereocenters. The Hall–Kier alpha value is -0.610. The molecule has 0 aliphatic carbocycles. The van der Waals surface area contributed by atoms with Crippen LogP contribution in [0.3, 0.4) is 0 Å². The number of hydrogen-bond acceptors (Lipinski definition) is 2. The smallest absolute Gasteiger partial charge is 0.124 e. The van der Waals surface area contributed by atoms with Gasteiger partial charge in [-0.2, -0.15) is 0 Å². The Morgan fingerprint density at radius 2 is 2.27 bits per heavy atom. The molecule has 0 aromatic heterocycles. The average Bonchev–Trinajstić information content (AvgIpc) is 2.20. The lowest BCUT2D eigenvalue weighted by molar-refractivity contribution is 0.147. The molecule has 0 heterocycles. The van der Waals surface area contributed by atoms with Gasteiger partial charge in [-0.25, -0.2) is 4.39 Å². The summed E-state index contributed by atoms with van der Waals surface area (Å²) in [4.78, 5) is 0. The number of anilines is 1. The quantitative estimate of drug-likeness (QED) is 0.804. The van der Waals surface area contributed by atoms with Gasteiger partial charge in [-0.1, -0.05) is 0 Å². The van der Waals surface area contributed by atoms with Crippen molar-refractivity contribution in [2.45, 2.75) is 13.3 Å². The third-order valence-electron chi connectivity index (χ3n) is 1.92. The highest BCUT2D eigenvalue weighted by Gasteiger charge is 1.99. The van der Waals surface area contributed by atoms with Crippen molar-refractivity contribution in [1.82, 2.24) is 0 Å². The van der Waals surface area contributed by atoms with Gasteiger partial charge in [0.1, 0.15) is 5.82 Å². The van der Waals surface area contributed by atoms with Crippen LogP contribution in [0.15, 0.2) is 22.7 Å². The van der Waals surface area contributed by atoms with E-state index in [1.54, 1.807) is 6.07 Å². The zero-order chi connectivity index (χ0) is 11.1. The highest BCUT2D eigenvalue weighted by molar-refractivity contribution is 9.10. The SMILES string of the molecule is CCOCCCNc1ccc(F)cc1Br. The van der Waals surface area contributed by atoms with E-state index in [2.05, 4.69) is 21.2 Å². The van der Waals surface area contributed by atoms with Crippen molar-refractivity contribution in [1.29, 1.82) is 0 Å². The molecule has 84 valence electrons. The van der Waals surface area contributed by atoms with Gasteiger partial charge in [0.25, 0.3) is 0 Å². The van der Waals surface area contributed by atoms with Gasteiger partial charge in [-0.15, -0.1) is 0 Å². The van der Waals surface area contributed by atoms with Crippen LogP contribution >= 0.6 is 15.9 Å². The lowest BCUT2D eigenvalue weighted by Crippen LogP contribution is -2.06. The monoisotopic (exact) mass is 275 g/mol. The van der Waals surface area contributed by atoms with Gasteiger partial charge in [0.15, 0.2) is 0 Å². The molecule has 0 fully saturated rings. The normalized spacial score (nSPS) is 10.3. The molecule has 1 rings (SSSR count). The molecule has 1 N–H and O–H groups in total. The van der Waals surface area contributed by atoms with E-state index in [0.717, 1.165) is 36.3 Å². The van der Waals surface area contributed by atoms with Crippen molar-refractivity contribution in [3.63, 3.8) is 0 Å². The first-order chi connectivity index (χ1) is 7.24. The van der Waals surface area contributed by atoms with Crippen LogP contribution in [-0.2, 0) is 4.74 Å². The van der Waals surface area contributed by atoms with Crippen LogP contribution in [0.2, 0.25) is 0 Å². The Kier molecular flexibility index (Phi) is 5.65. The minimum atomic E-state index is -0.234. The summed E-state index contributed by atoms with van der Waals surface area (Å²) >= 11 is 3.30. The summed E-state index contributed by atoms with van der Waals surface area (Å²) in [5, 5.41) is 3.21. The summed E-state index contributed by atoms with van der Waals surface area (Å²) in [6.07, 6.45) is 0.942. The Morgan fingerprint density at radius 1 is 1.47 bits per heavy atom. The molecule has 0 radical (unpaired) electrons. The maximum Gasteiger partial charge on any atom is 0.124 e. The Morgan fingerprint density at radius 3 is 2.93 bits per heavy atom. The zero-order valence-corrected chi connectivity index (χ0v) is 10.3. The Labute approximate surface area is 98.0 Å². The molecule has 4 heteroatoms. The van der Waals surface area contributed by atoms with Crippen molar-refractivity contribution in [2.24, 2.45) is 0 Å². The number of hydrogen-bond donors (Lipinski definition) is 1. The minimum absolute atomic E-state index is 0.234. The molecule has 15 heavy (non-hydrogen) atoms. The molecule has 0 bridgehead atoms. The van der Waals surface area contributed by atoms with E-state index >= 15 is 0 Å². The molecule has 1 aromatic rings. The second-order valence-corrected chi connectivity index (χ2v) is 3.96. The highest BCUT2D eigenvalue weighted by atomic mass is 79.9. The number of rotatable bonds is 6. The number of benzene rings is 1. The standard InChI is InChI=1S/C11H15BrFNO/c1-2-15-7-3-6-14-11-5-4-9(13)8-10(11)12/h4-5,8,14H,2-3,6-7H2,1H3. The average molecular weight is 276 g/mol. The first kappa shape index (κ1) is 12.5.